The summed E-state index contributed by atoms with van der Waals surface area (Å²) in [6, 6.07) is 9.85. The van der Waals surface area contributed by atoms with Crippen molar-refractivity contribution in [3.05, 3.63) is 53.9 Å². The normalized spacial score (nSPS) is 13.5. The van der Waals surface area contributed by atoms with E-state index in [0.717, 1.165) is 36.3 Å². The van der Waals surface area contributed by atoms with Gasteiger partial charge in [-0.25, -0.2) is 4.39 Å². The number of hydrogen-bond acceptors (Lipinski definition) is 4. The maximum absolute atomic E-state index is 13.3. The van der Waals surface area contributed by atoms with Gasteiger partial charge in [0, 0.05) is 18.3 Å². The topological polar surface area (TPSA) is 74.2 Å². The number of alkyl halides is 3. The molecule has 8 heteroatoms. The first-order valence-electron chi connectivity index (χ1n) is 9.90. The molecule has 0 saturated carbocycles. The Morgan fingerprint density at radius 1 is 1.13 bits per heavy atom. The maximum atomic E-state index is 13.3. The van der Waals surface area contributed by atoms with E-state index in [1.807, 2.05) is 24.3 Å². The summed E-state index contributed by atoms with van der Waals surface area (Å²) in [4.78, 5) is 14.7. The lowest BCUT2D eigenvalue weighted by Gasteiger charge is -2.22. The molecular formula is C22H28Cl2FN3O2. The highest BCUT2D eigenvalue weighted by molar-refractivity contribution is 6.53. The Labute approximate surface area is 187 Å². The number of aromatic nitrogens is 1. The van der Waals surface area contributed by atoms with Crippen molar-refractivity contribution in [3.63, 3.8) is 0 Å². The SMILES string of the molecule is CC(C)CCNCc1ccc(-c2ccc([C@H](O)[C@@H](CF)NC(=O)C(Cl)Cl)cc2)cn1. The van der Waals surface area contributed by atoms with Crippen molar-refractivity contribution in [1.82, 2.24) is 15.6 Å². The fraction of sp³-hybridized carbons (Fsp3) is 0.455. The molecule has 0 aliphatic carbocycles. The minimum Gasteiger partial charge on any atom is -0.386 e. The smallest absolute Gasteiger partial charge is 0.253 e. The summed E-state index contributed by atoms with van der Waals surface area (Å²) in [6.45, 7) is 5.12. The van der Waals surface area contributed by atoms with Gasteiger partial charge in [0.2, 0.25) is 0 Å². The quantitative estimate of drug-likeness (QED) is 0.351. The van der Waals surface area contributed by atoms with Crippen LogP contribution >= 0.6 is 23.2 Å². The van der Waals surface area contributed by atoms with Crippen LogP contribution in [0.25, 0.3) is 11.1 Å². The minimum atomic E-state index is -1.32. The Morgan fingerprint density at radius 3 is 2.33 bits per heavy atom. The number of aliphatic hydroxyl groups excluding tert-OH is 1. The number of halogens is 3. The highest BCUT2D eigenvalue weighted by Gasteiger charge is 2.25. The molecule has 0 radical (unpaired) electrons. The van der Waals surface area contributed by atoms with Gasteiger partial charge < -0.3 is 15.7 Å². The molecule has 2 rings (SSSR count). The van der Waals surface area contributed by atoms with Crippen LogP contribution in [0.3, 0.4) is 0 Å². The van der Waals surface area contributed by atoms with Crippen molar-refractivity contribution in [2.75, 3.05) is 13.2 Å². The molecule has 5 nitrogen and oxygen atoms in total. The molecular weight excluding hydrogens is 428 g/mol. The second-order valence-electron chi connectivity index (χ2n) is 7.53. The van der Waals surface area contributed by atoms with Crippen molar-refractivity contribution in [1.29, 1.82) is 0 Å². The fourth-order valence-electron chi connectivity index (χ4n) is 2.86. The zero-order valence-electron chi connectivity index (χ0n) is 17.1. The van der Waals surface area contributed by atoms with Gasteiger partial charge >= 0.3 is 0 Å². The predicted octanol–water partition coefficient (Wildman–Crippen LogP) is 4.18. The van der Waals surface area contributed by atoms with Crippen LogP contribution in [0.1, 0.15) is 37.6 Å². The summed E-state index contributed by atoms with van der Waals surface area (Å²) in [7, 11) is 0. The first-order valence-corrected chi connectivity index (χ1v) is 10.8. The molecule has 0 unspecified atom stereocenters. The van der Waals surface area contributed by atoms with E-state index in [1.165, 1.54) is 0 Å². The van der Waals surface area contributed by atoms with Crippen LogP contribution in [0.15, 0.2) is 42.6 Å². The van der Waals surface area contributed by atoms with Crippen molar-refractivity contribution in [2.45, 2.75) is 43.8 Å². The summed E-state index contributed by atoms with van der Waals surface area (Å²) < 4.78 is 13.3. The average Bonchev–Trinajstić information content (AvgIpc) is 2.74. The lowest BCUT2D eigenvalue weighted by Crippen LogP contribution is -2.43. The van der Waals surface area contributed by atoms with Gasteiger partial charge in [0.1, 0.15) is 12.8 Å². The number of carbonyl (C=O) groups is 1. The molecule has 0 bridgehead atoms. The number of rotatable bonds is 11. The third-order valence-electron chi connectivity index (χ3n) is 4.69. The van der Waals surface area contributed by atoms with Gasteiger partial charge in [-0.1, -0.05) is 67.4 Å². The number of benzene rings is 1. The summed E-state index contributed by atoms with van der Waals surface area (Å²) in [6.07, 6.45) is 1.70. The number of pyridine rings is 1. The second-order valence-corrected chi connectivity index (χ2v) is 8.63. The number of nitrogens with one attached hydrogen (secondary N) is 2. The van der Waals surface area contributed by atoms with E-state index in [0.29, 0.717) is 11.5 Å². The molecule has 0 fully saturated rings. The van der Waals surface area contributed by atoms with Crippen molar-refractivity contribution in [2.24, 2.45) is 5.92 Å². The summed E-state index contributed by atoms with van der Waals surface area (Å²) in [5.41, 5.74) is 3.29. The molecule has 2 atom stereocenters. The molecule has 0 spiro atoms. The Kier molecular flexibility index (Phi) is 9.98. The highest BCUT2D eigenvalue weighted by Crippen LogP contribution is 2.24. The van der Waals surface area contributed by atoms with Gasteiger partial charge in [0.05, 0.1) is 11.7 Å². The van der Waals surface area contributed by atoms with E-state index in [4.69, 9.17) is 23.2 Å². The van der Waals surface area contributed by atoms with Crippen LogP contribution in [0.2, 0.25) is 0 Å². The largest absolute Gasteiger partial charge is 0.386 e. The molecule has 1 heterocycles. The molecule has 30 heavy (non-hydrogen) atoms. The van der Waals surface area contributed by atoms with E-state index in [2.05, 4.69) is 29.5 Å². The van der Waals surface area contributed by atoms with Crippen LogP contribution in [0.4, 0.5) is 4.39 Å². The van der Waals surface area contributed by atoms with Crippen LogP contribution < -0.4 is 10.6 Å². The number of hydrogen-bond donors (Lipinski definition) is 3. The minimum absolute atomic E-state index is 0.473. The third-order valence-corrected chi connectivity index (χ3v) is 5.08. The number of aliphatic hydroxyl groups is 1. The van der Waals surface area contributed by atoms with Gasteiger partial charge in [0.15, 0.2) is 4.84 Å². The van der Waals surface area contributed by atoms with Crippen LogP contribution in [-0.2, 0) is 11.3 Å². The number of amides is 1. The van der Waals surface area contributed by atoms with E-state index in [1.54, 1.807) is 18.3 Å². The predicted molar refractivity (Wildman–Crippen MR) is 119 cm³/mol. The van der Waals surface area contributed by atoms with Crippen molar-refractivity contribution in [3.8, 4) is 11.1 Å². The molecule has 164 valence electrons. The van der Waals surface area contributed by atoms with E-state index >= 15 is 0 Å². The molecule has 1 aromatic carbocycles. The van der Waals surface area contributed by atoms with E-state index in [9.17, 15) is 14.3 Å². The Morgan fingerprint density at radius 2 is 1.80 bits per heavy atom. The molecule has 1 amide bonds. The first-order chi connectivity index (χ1) is 14.3. The van der Waals surface area contributed by atoms with Crippen molar-refractivity contribution < 1.29 is 14.3 Å². The van der Waals surface area contributed by atoms with Crippen molar-refractivity contribution >= 4 is 29.1 Å². The van der Waals surface area contributed by atoms with Crippen LogP contribution in [0.5, 0.6) is 0 Å². The fourth-order valence-corrected chi connectivity index (χ4v) is 2.99. The van der Waals surface area contributed by atoms with Gasteiger partial charge in [-0.3, -0.25) is 9.78 Å². The third kappa shape index (κ3) is 7.51. The lowest BCUT2D eigenvalue weighted by molar-refractivity contribution is -0.121. The average molecular weight is 456 g/mol. The Balaban J connectivity index is 1.98. The summed E-state index contributed by atoms with van der Waals surface area (Å²) in [5.74, 6) is -0.0788. The standard InChI is InChI=1S/C22H28Cl2FN3O2/c1-14(2)9-10-26-13-18-8-7-17(12-27-18)15-3-5-16(6-4-15)20(29)19(11-25)28-22(30)21(23)24/h3-8,12,14,19-21,26,29H,9-11,13H2,1-2H3,(H,28,30)/t19-,20+/m1/s1. The molecule has 3 N–H and O–H groups in total. The zero-order valence-corrected chi connectivity index (χ0v) is 18.6. The number of nitrogens with zero attached hydrogens (tertiary/aromatic N) is 1. The Hall–Kier alpha value is -1.73. The molecule has 1 aromatic heterocycles. The van der Waals surface area contributed by atoms with Gasteiger partial charge in [-0.15, -0.1) is 0 Å². The van der Waals surface area contributed by atoms with E-state index < -0.39 is 29.6 Å². The van der Waals surface area contributed by atoms with Crippen LogP contribution in [0, 0.1) is 5.92 Å². The highest BCUT2D eigenvalue weighted by atomic mass is 35.5. The molecule has 2 aromatic rings. The first kappa shape index (κ1) is 24.5. The second kappa shape index (κ2) is 12.2. The van der Waals surface area contributed by atoms with E-state index in [-0.39, 0.29) is 0 Å². The molecule has 0 aliphatic rings. The monoisotopic (exact) mass is 455 g/mol. The van der Waals surface area contributed by atoms with Gasteiger partial charge in [-0.2, -0.15) is 0 Å². The number of carbonyl (C=O) groups excluding carboxylic acids is 1. The zero-order chi connectivity index (χ0) is 22.1. The van der Waals surface area contributed by atoms with Gasteiger partial charge in [-0.05, 0) is 36.1 Å². The maximum Gasteiger partial charge on any atom is 0.253 e. The molecule has 0 saturated heterocycles. The Bertz CT molecular complexity index is 786. The van der Waals surface area contributed by atoms with Crippen LogP contribution in [-0.4, -0.2) is 40.1 Å². The summed E-state index contributed by atoms with van der Waals surface area (Å²) >= 11 is 10.9. The molecule has 0 aliphatic heterocycles. The lowest BCUT2D eigenvalue weighted by atomic mass is 9.99. The van der Waals surface area contributed by atoms with Gasteiger partial charge in [0.25, 0.3) is 5.91 Å². The summed E-state index contributed by atoms with van der Waals surface area (Å²) in [5, 5.41) is 16.1.